The van der Waals surface area contributed by atoms with Gasteiger partial charge in [-0.25, -0.2) is 17.6 Å². The number of halogens is 4. The molecule has 9 rings (SSSR count). The highest BCUT2D eigenvalue weighted by Crippen LogP contribution is 2.42. The molecule has 414 valence electrons. The molecule has 3 fully saturated rings. The lowest BCUT2D eigenvalue weighted by atomic mass is 9.81. The van der Waals surface area contributed by atoms with Crippen molar-refractivity contribution in [2.75, 3.05) is 41.9 Å². The zero-order valence-electron chi connectivity index (χ0n) is 45.3. The van der Waals surface area contributed by atoms with E-state index in [1.54, 1.807) is 26.8 Å². The lowest BCUT2D eigenvalue weighted by Crippen LogP contribution is -2.32. The van der Waals surface area contributed by atoms with Crippen molar-refractivity contribution in [2.24, 2.45) is 17.8 Å². The molecule has 0 unspecified atom stereocenters. The zero-order chi connectivity index (χ0) is 55.5. The molecule has 3 N–H and O–H groups in total. The second-order valence-electron chi connectivity index (χ2n) is 22.2. The fourth-order valence-corrected chi connectivity index (χ4v) is 10.9. The fourth-order valence-electron chi connectivity index (χ4n) is 10.9. The van der Waals surface area contributed by atoms with E-state index in [1.165, 1.54) is 17.1 Å². The van der Waals surface area contributed by atoms with Gasteiger partial charge in [0.25, 0.3) is 0 Å². The Morgan fingerprint density at radius 2 is 1.16 bits per heavy atom. The molecule has 0 radical (unpaired) electrons. The first-order chi connectivity index (χ1) is 36.7. The number of nitrogens with zero attached hydrogens (tertiary/aromatic N) is 1. The summed E-state index contributed by atoms with van der Waals surface area (Å²) >= 11 is 0. The number of allylic oxidation sites excluding steroid dienone is 3. The summed E-state index contributed by atoms with van der Waals surface area (Å²) < 4.78 is 73.7. The third kappa shape index (κ3) is 15.9. The molecule has 3 aromatic carbocycles. The Morgan fingerprint density at radius 1 is 0.662 bits per heavy atom. The van der Waals surface area contributed by atoms with E-state index >= 15 is 0 Å². The van der Waals surface area contributed by atoms with Crippen molar-refractivity contribution in [2.45, 2.75) is 147 Å². The van der Waals surface area contributed by atoms with E-state index in [2.05, 4.69) is 48.6 Å². The number of rotatable bonds is 14. The lowest BCUT2D eigenvalue weighted by Gasteiger charge is -2.29. The third-order valence-electron chi connectivity index (χ3n) is 15.6. The average Bonchev–Trinajstić information content (AvgIpc) is 4.19. The first-order valence-electron chi connectivity index (χ1n) is 27.3. The van der Waals surface area contributed by atoms with E-state index in [0.29, 0.717) is 87.2 Å². The summed E-state index contributed by atoms with van der Waals surface area (Å²) in [6.45, 7) is 18.6. The van der Waals surface area contributed by atoms with E-state index < -0.39 is 28.7 Å². The van der Waals surface area contributed by atoms with Gasteiger partial charge >= 0.3 is 0 Å². The van der Waals surface area contributed by atoms with Crippen molar-refractivity contribution in [1.29, 1.82) is 0 Å². The largest absolute Gasteiger partial charge is 0.492 e. The van der Waals surface area contributed by atoms with E-state index in [4.69, 9.17) is 14.2 Å². The molecule has 3 saturated carbocycles. The summed E-state index contributed by atoms with van der Waals surface area (Å²) in [5.41, 5.74) is 3.79. The summed E-state index contributed by atoms with van der Waals surface area (Å²) in [5.74, 6) is 1.97. The van der Waals surface area contributed by atoms with Crippen LogP contribution in [0.4, 0.5) is 34.6 Å². The maximum Gasteiger partial charge on any atom is 0.250 e. The van der Waals surface area contributed by atoms with Crippen molar-refractivity contribution >= 4 is 53.0 Å². The summed E-state index contributed by atoms with van der Waals surface area (Å²) in [6.07, 6.45) is 26.8. The smallest absolute Gasteiger partial charge is 0.250 e. The van der Waals surface area contributed by atoms with Gasteiger partial charge in [-0.2, -0.15) is 0 Å². The standard InChI is InChI=1S/C22H28FNO3.C21H26FNO2.C20H23F2NO2/c1-3-20(26)24(11-12-25)19-14-17(21-18(15-19)8-13-27-21)5-4-16-6-9-22(2,23)10-7-16;1-4-19(24)23-18-12-16(20-17(13-18)11-14(2)25-20)6-5-15-7-9-21(3,22)10-8-15;1-3-17(24)23-16-12-14(19-15(18(16)21)8-11-25-19)5-4-13-6-9-20(2,22)10-7-13/h3-5,14-16,25H,1,6-13H2,2H3;4-6,12-15H,1,7-11H2,2-3H3,(H,23,24);3-5,12-13H,1,6-11H2,2H3,(H,23,24)/b5-4+;6-5+;5-4+/t;14-,15?,21?;/m.0./s1. The number of nitrogens with one attached hydrogen (secondary N) is 2. The van der Waals surface area contributed by atoms with Crippen LogP contribution in [0.5, 0.6) is 17.2 Å². The van der Waals surface area contributed by atoms with Crippen molar-refractivity contribution in [1.82, 2.24) is 0 Å². The number of carbonyl (C=O) groups is 3. The highest BCUT2D eigenvalue weighted by Gasteiger charge is 2.33. The third-order valence-corrected chi connectivity index (χ3v) is 15.6. The molecule has 3 heterocycles. The number of alkyl halides is 3. The van der Waals surface area contributed by atoms with Crippen LogP contribution >= 0.6 is 0 Å². The molecule has 0 spiro atoms. The maximum atomic E-state index is 14.5. The molecular formula is C63H77F4N3O7. The topological polar surface area (TPSA) is 126 Å². The van der Waals surface area contributed by atoms with Gasteiger partial charge in [0, 0.05) is 70.6 Å². The van der Waals surface area contributed by atoms with Gasteiger partial charge in [0.1, 0.15) is 40.4 Å². The molecule has 10 nitrogen and oxygen atoms in total. The van der Waals surface area contributed by atoms with Crippen LogP contribution in [-0.4, -0.2) is 72.3 Å². The highest BCUT2D eigenvalue weighted by atomic mass is 19.2. The number of fused-ring (bicyclic) bond motifs is 3. The first kappa shape index (κ1) is 58.3. The summed E-state index contributed by atoms with van der Waals surface area (Å²) in [6, 6.07) is 9.34. The van der Waals surface area contributed by atoms with Gasteiger partial charge in [-0.3, -0.25) is 14.4 Å². The fraction of sp³-hybridized carbons (Fsp3) is 0.476. The number of aliphatic hydroxyl groups excluding tert-OH is 1. The number of carbonyl (C=O) groups excluding carboxylic acids is 3. The predicted molar refractivity (Wildman–Crippen MR) is 300 cm³/mol. The van der Waals surface area contributed by atoms with Crippen LogP contribution in [0.15, 0.2) is 86.5 Å². The Morgan fingerprint density at radius 3 is 1.68 bits per heavy atom. The Bertz CT molecular complexity index is 2730. The summed E-state index contributed by atoms with van der Waals surface area (Å²) in [7, 11) is 0. The molecule has 3 amide bonds. The number of amides is 3. The monoisotopic (exact) mass is 1060 g/mol. The molecule has 14 heteroatoms. The van der Waals surface area contributed by atoms with Crippen LogP contribution in [0.3, 0.4) is 0 Å². The van der Waals surface area contributed by atoms with Gasteiger partial charge in [-0.1, -0.05) is 56.2 Å². The van der Waals surface area contributed by atoms with Crippen LogP contribution in [0.2, 0.25) is 0 Å². The minimum Gasteiger partial charge on any atom is -0.492 e. The normalized spacial score (nSPS) is 26.1. The second kappa shape index (κ2) is 25.8. The predicted octanol–water partition coefficient (Wildman–Crippen LogP) is 13.9. The van der Waals surface area contributed by atoms with Gasteiger partial charge in [-0.15, -0.1) is 0 Å². The van der Waals surface area contributed by atoms with Crippen LogP contribution in [0.25, 0.3) is 18.2 Å². The molecule has 3 aromatic rings. The van der Waals surface area contributed by atoms with Crippen LogP contribution in [-0.2, 0) is 33.6 Å². The van der Waals surface area contributed by atoms with E-state index in [9.17, 15) is 37.1 Å². The van der Waals surface area contributed by atoms with E-state index in [-0.39, 0.29) is 36.8 Å². The Balaban J connectivity index is 0.000000168. The van der Waals surface area contributed by atoms with Crippen molar-refractivity contribution in [3.8, 4) is 17.2 Å². The number of hydrogen-bond acceptors (Lipinski definition) is 7. The molecule has 1 atom stereocenters. The molecular weight excluding hydrogens is 987 g/mol. The van der Waals surface area contributed by atoms with Crippen LogP contribution < -0.4 is 29.7 Å². The second-order valence-corrected chi connectivity index (χ2v) is 22.2. The van der Waals surface area contributed by atoms with E-state index in [0.717, 1.165) is 108 Å². The van der Waals surface area contributed by atoms with E-state index in [1.807, 2.05) is 49.4 Å². The first-order valence-corrected chi connectivity index (χ1v) is 27.3. The Labute approximate surface area is 452 Å². The number of benzene rings is 3. The average molecular weight is 1060 g/mol. The lowest BCUT2D eigenvalue weighted by molar-refractivity contribution is -0.114. The minimum absolute atomic E-state index is 0.123. The SMILES string of the molecule is C=CC(=O)N(CCO)c1cc(/C=C/C2CCC(C)(F)CC2)c2c(c1)CCO2.C=CC(=O)Nc1cc(/C=C/C2CCC(C)(F)CC2)c2c(c1)C[C@H](C)O2.C=CC(=O)Nc1cc(/C=C/C2CCC(C)(F)CC2)c2c(c1F)CCO2. The Hall–Kier alpha value is -6.41. The molecule has 0 bridgehead atoms. The van der Waals surface area contributed by atoms with Gasteiger partial charge in [0.2, 0.25) is 17.7 Å². The minimum atomic E-state index is -1.06. The van der Waals surface area contributed by atoms with Crippen molar-refractivity contribution < 1.29 is 51.3 Å². The molecule has 0 aromatic heterocycles. The Kier molecular flexibility index (Phi) is 19.5. The van der Waals surface area contributed by atoms with Gasteiger partial charge < -0.3 is 34.9 Å². The molecule has 6 aliphatic rings. The van der Waals surface area contributed by atoms with Crippen LogP contribution in [0, 0.1) is 23.6 Å². The molecule has 3 aliphatic heterocycles. The quantitative estimate of drug-likeness (QED) is 0.108. The zero-order valence-corrected chi connectivity index (χ0v) is 45.3. The number of anilines is 3. The van der Waals surface area contributed by atoms with Gasteiger partial charge in [0.15, 0.2) is 5.82 Å². The van der Waals surface area contributed by atoms with Crippen molar-refractivity contribution in [3.63, 3.8) is 0 Å². The highest BCUT2D eigenvalue weighted by molar-refractivity contribution is 6.02. The summed E-state index contributed by atoms with van der Waals surface area (Å²) in [5, 5.41) is 14.7. The van der Waals surface area contributed by atoms with Crippen molar-refractivity contribution in [3.05, 3.63) is 126 Å². The van der Waals surface area contributed by atoms with Crippen LogP contribution in [0.1, 0.15) is 138 Å². The molecule has 77 heavy (non-hydrogen) atoms. The number of ether oxygens (including phenoxy) is 3. The van der Waals surface area contributed by atoms with Gasteiger partial charge in [0.05, 0.1) is 25.5 Å². The molecule has 0 saturated heterocycles. The van der Waals surface area contributed by atoms with Gasteiger partial charge in [-0.05, 0) is 171 Å². The maximum absolute atomic E-state index is 14.5. The number of hydrogen-bond donors (Lipinski definition) is 3. The number of aliphatic hydroxyl groups is 1. The summed E-state index contributed by atoms with van der Waals surface area (Å²) in [4.78, 5) is 36.9. The molecule has 3 aliphatic carbocycles.